The molecule has 1 aromatic rings. The van der Waals surface area contributed by atoms with E-state index in [1.807, 2.05) is 18.2 Å². The zero-order valence-corrected chi connectivity index (χ0v) is 6.82. The number of rotatable bonds is 2. The molecule has 0 saturated heterocycles. The Morgan fingerprint density at radius 2 is 2.17 bits per heavy atom. The zero-order chi connectivity index (χ0) is 8.97. The van der Waals surface area contributed by atoms with Gasteiger partial charge in [-0.3, -0.25) is 0 Å². The van der Waals surface area contributed by atoms with Gasteiger partial charge in [0.05, 0.1) is 5.69 Å². The first-order valence-electron chi connectivity index (χ1n) is 3.65. The van der Waals surface area contributed by atoms with Crippen LogP contribution in [0.15, 0.2) is 24.3 Å². The Morgan fingerprint density at radius 3 is 2.75 bits per heavy atom. The van der Waals surface area contributed by atoms with Crippen LogP contribution in [0.3, 0.4) is 0 Å². The molecular formula is C9H10N2O. The van der Waals surface area contributed by atoms with Crippen LogP contribution < -0.4 is 10.5 Å². The highest BCUT2D eigenvalue weighted by molar-refractivity contribution is 5.51. The molecule has 1 atom stereocenters. The van der Waals surface area contributed by atoms with Crippen LogP contribution >= 0.6 is 0 Å². The fourth-order valence-corrected chi connectivity index (χ4v) is 0.805. The summed E-state index contributed by atoms with van der Waals surface area (Å²) in [5, 5.41) is 8.47. The average molecular weight is 162 g/mol. The fourth-order valence-electron chi connectivity index (χ4n) is 0.805. The lowest BCUT2D eigenvalue weighted by molar-refractivity contribution is 0.278. The molecule has 0 aromatic heterocycles. The molecule has 3 nitrogen and oxygen atoms in total. The van der Waals surface area contributed by atoms with E-state index in [0.717, 1.165) is 0 Å². The summed E-state index contributed by atoms with van der Waals surface area (Å²) in [6.45, 7) is 1.67. The largest absolute Gasteiger partial charge is 0.474 e. The average Bonchev–Trinajstić information content (AvgIpc) is 2.09. The number of hydrogen-bond acceptors (Lipinski definition) is 3. The van der Waals surface area contributed by atoms with Gasteiger partial charge in [-0.2, -0.15) is 5.26 Å². The van der Waals surface area contributed by atoms with E-state index >= 15 is 0 Å². The predicted molar refractivity (Wildman–Crippen MR) is 46.6 cm³/mol. The maximum absolute atomic E-state index is 8.47. The Balaban J connectivity index is 2.77. The van der Waals surface area contributed by atoms with Crippen molar-refractivity contribution >= 4 is 5.69 Å². The number of ether oxygens (including phenoxy) is 1. The van der Waals surface area contributed by atoms with Crippen molar-refractivity contribution in [2.45, 2.75) is 13.0 Å². The van der Waals surface area contributed by atoms with E-state index in [4.69, 9.17) is 15.7 Å². The summed E-state index contributed by atoms with van der Waals surface area (Å²) in [6, 6.07) is 9.07. The van der Waals surface area contributed by atoms with Crippen molar-refractivity contribution < 1.29 is 4.74 Å². The van der Waals surface area contributed by atoms with Crippen LogP contribution in [0.2, 0.25) is 0 Å². The van der Waals surface area contributed by atoms with Crippen molar-refractivity contribution in [3.63, 3.8) is 0 Å². The van der Waals surface area contributed by atoms with E-state index in [-0.39, 0.29) is 0 Å². The van der Waals surface area contributed by atoms with Crippen LogP contribution in [0, 0.1) is 11.3 Å². The maximum atomic E-state index is 8.47. The quantitative estimate of drug-likeness (QED) is 0.671. The monoisotopic (exact) mass is 162 g/mol. The van der Waals surface area contributed by atoms with Gasteiger partial charge in [0.1, 0.15) is 11.8 Å². The first kappa shape index (κ1) is 8.41. The topological polar surface area (TPSA) is 59.0 Å². The minimum atomic E-state index is -0.463. The lowest BCUT2D eigenvalue weighted by atomic mass is 10.3. The van der Waals surface area contributed by atoms with Gasteiger partial charge in [-0.05, 0) is 19.1 Å². The molecule has 1 aromatic carbocycles. The molecule has 0 heterocycles. The van der Waals surface area contributed by atoms with Crippen molar-refractivity contribution in [1.82, 2.24) is 0 Å². The molecule has 12 heavy (non-hydrogen) atoms. The van der Waals surface area contributed by atoms with Crippen LogP contribution in [-0.4, -0.2) is 6.10 Å². The van der Waals surface area contributed by atoms with Crippen LogP contribution in [-0.2, 0) is 0 Å². The standard InChI is InChI=1S/C9H10N2O/c1-7(6-10)12-9-5-3-2-4-8(9)11/h2-5,7H,11H2,1H3/t7-/m0/s1. The Kier molecular flexibility index (Phi) is 2.54. The Bertz CT molecular complexity index is 304. The minimum absolute atomic E-state index is 0.463. The van der Waals surface area contributed by atoms with E-state index in [9.17, 15) is 0 Å². The van der Waals surface area contributed by atoms with Crippen LogP contribution in [0.1, 0.15) is 6.92 Å². The SMILES string of the molecule is C[C@@H](C#N)Oc1ccccc1N. The molecular weight excluding hydrogens is 152 g/mol. The number of nitrogen functional groups attached to an aromatic ring is 1. The van der Waals surface area contributed by atoms with Crippen molar-refractivity contribution in [1.29, 1.82) is 5.26 Å². The summed E-state index contributed by atoms with van der Waals surface area (Å²) in [5.41, 5.74) is 6.14. The molecule has 2 N–H and O–H groups in total. The first-order valence-corrected chi connectivity index (χ1v) is 3.65. The molecule has 0 radical (unpaired) electrons. The fraction of sp³-hybridized carbons (Fsp3) is 0.222. The maximum Gasteiger partial charge on any atom is 0.181 e. The molecule has 0 spiro atoms. The molecule has 3 heteroatoms. The van der Waals surface area contributed by atoms with Crippen LogP contribution in [0.25, 0.3) is 0 Å². The highest BCUT2D eigenvalue weighted by Gasteiger charge is 2.03. The molecule has 0 saturated carbocycles. The van der Waals surface area contributed by atoms with Gasteiger partial charge in [0.15, 0.2) is 6.10 Å². The van der Waals surface area contributed by atoms with Gasteiger partial charge in [-0.15, -0.1) is 0 Å². The Morgan fingerprint density at radius 1 is 1.50 bits per heavy atom. The molecule has 0 unspecified atom stereocenters. The lowest BCUT2D eigenvalue weighted by Crippen LogP contribution is -2.09. The van der Waals surface area contributed by atoms with Crippen molar-refractivity contribution in [2.75, 3.05) is 5.73 Å². The molecule has 0 amide bonds. The molecule has 0 fully saturated rings. The second-order valence-electron chi connectivity index (χ2n) is 2.43. The predicted octanol–water partition coefficient (Wildman–Crippen LogP) is 1.56. The summed E-state index contributed by atoms with van der Waals surface area (Å²) in [5.74, 6) is 0.562. The second kappa shape index (κ2) is 3.63. The summed E-state index contributed by atoms with van der Waals surface area (Å²) < 4.78 is 5.21. The zero-order valence-electron chi connectivity index (χ0n) is 6.82. The van der Waals surface area contributed by atoms with Gasteiger partial charge in [0.2, 0.25) is 0 Å². The van der Waals surface area contributed by atoms with Gasteiger partial charge in [-0.1, -0.05) is 12.1 Å². The smallest absolute Gasteiger partial charge is 0.181 e. The van der Waals surface area contributed by atoms with Crippen LogP contribution in [0.5, 0.6) is 5.75 Å². The molecule has 62 valence electrons. The Labute approximate surface area is 71.4 Å². The first-order chi connectivity index (χ1) is 5.74. The third kappa shape index (κ3) is 1.89. The minimum Gasteiger partial charge on any atom is -0.474 e. The normalized spacial score (nSPS) is 11.7. The number of benzene rings is 1. The summed E-state index contributed by atoms with van der Waals surface area (Å²) in [6.07, 6.45) is -0.463. The van der Waals surface area contributed by atoms with Gasteiger partial charge < -0.3 is 10.5 Å². The van der Waals surface area contributed by atoms with E-state index in [2.05, 4.69) is 0 Å². The highest BCUT2D eigenvalue weighted by Crippen LogP contribution is 2.20. The number of anilines is 1. The number of para-hydroxylation sites is 2. The van der Waals surface area contributed by atoms with Crippen molar-refractivity contribution in [3.05, 3.63) is 24.3 Å². The van der Waals surface area contributed by atoms with Crippen LogP contribution in [0.4, 0.5) is 5.69 Å². The molecule has 0 aliphatic carbocycles. The highest BCUT2D eigenvalue weighted by atomic mass is 16.5. The lowest BCUT2D eigenvalue weighted by Gasteiger charge is -2.08. The third-order valence-electron chi connectivity index (χ3n) is 1.40. The molecule has 0 bridgehead atoms. The molecule has 0 aliphatic heterocycles. The number of nitriles is 1. The summed E-state index contributed by atoms with van der Waals surface area (Å²) in [7, 11) is 0. The van der Waals surface area contributed by atoms with Crippen molar-refractivity contribution in [3.8, 4) is 11.8 Å². The van der Waals surface area contributed by atoms with Gasteiger partial charge >= 0.3 is 0 Å². The van der Waals surface area contributed by atoms with Gasteiger partial charge in [0.25, 0.3) is 0 Å². The Hall–Kier alpha value is -1.69. The summed E-state index contributed by atoms with van der Waals surface area (Å²) in [4.78, 5) is 0. The summed E-state index contributed by atoms with van der Waals surface area (Å²) >= 11 is 0. The van der Waals surface area contributed by atoms with E-state index < -0.39 is 6.10 Å². The number of nitrogens with two attached hydrogens (primary N) is 1. The third-order valence-corrected chi connectivity index (χ3v) is 1.40. The second-order valence-corrected chi connectivity index (χ2v) is 2.43. The van der Waals surface area contributed by atoms with Gasteiger partial charge in [-0.25, -0.2) is 0 Å². The van der Waals surface area contributed by atoms with E-state index in [1.165, 1.54) is 0 Å². The van der Waals surface area contributed by atoms with Crippen molar-refractivity contribution in [2.24, 2.45) is 0 Å². The van der Waals surface area contributed by atoms with E-state index in [1.54, 1.807) is 19.1 Å². The van der Waals surface area contributed by atoms with Gasteiger partial charge in [0, 0.05) is 0 Å². The molecule has 0 aliphatic rings. The number of hydrogen-bond donors (Lipinski definition) is 1. The molecule has 1 rings (SSSR count). The number of nitrogens with zero attached hydrogens (tertiary/aromatic N) is 1. The van der Waals surface area contributed by atoms with E-state index in [0.29, 0.717) is 11.4 Å².